The third-order valence-electron chi connectivity index (χ3n) is 4.98. The number of aryl methyl sites for hydroxylation is 1. The topological polar surface area (TPSA) is 64.0 Å². The average molecular weight is 382 g/mol. The van der Waals surface area contributed by atoms with Crippen LogP contribution in [0.3, 0.4) is 0 Å². The highest BCUT2D eigenvalue weighted by molar-refractivity contribution is 6.31. The number of aromatic nitrogens is 2. The molecule has 6 heteroatoms. The number of fused-ring (bicyclic) bond motifs is 2. The largest absolute Gasteiger partial charge is 0.348 e. The molecule has 2 aromatic carbocycles. The van der Waals surface area contributed by atoms with Crippen LogP contribution in [0.25, 0.3) is 10.9 Å². The molecule has 138 valence electrons. The number of carbonyl (C=O) groups is 1. The second-order valence-electron chi connectivity index (χ2n) is 6.80. The molecule has 3 aromatic rings. The zero-order valence-electron chi connectivity index (χ0n) is 14.9. The van der Waals surface area contributed by atoms with Gasteiger partial charge in [0, 0.05) is 30.1 Å². The van der Waals surface area contributed by atoms with E-state index >= 15 is 0 Å². The Morgan fingerprint density at radius 1 is 1.15 bits per heavy atom. The summed E-state index contributed by atoms with van der Waals surface area (Å²) in [5.41, 5.74) is 1.91. The van der Waals surface area contributed by atoms with Crippen LogP contribution in [0.5, 0.6) is 0 Å². The molecule has 5 nitrogen and oxygen atoms in total. The molecule has 1 aliphatic heterocycles. The van der Waals surface area contributed by atoms with E-state index in [1.54, 1.807) is 28.8 Å². The van der Waals surface area contributed by atoms with Crippen LogP contribution >= 0.6 is 11.6 Å². The molecule has 0 aliphatic carbocycles. The maximum atomic E-state index is 12.8. The molecule has 0 unspecified atom stereocenters. The highest BCUT2D eigenvalue weighted by Gasteiger charge is 2.15. The third kappa shape index (κ3) is 3.60. The lowest BCUT2D eigenvalue weighted by atomic mass is 10.1. The molecule has 1 aliphatic rings. The minimum Gasteiger partial charge on any atom is -0.348 e. The normalized spacial score (nSPS) is 13.8. The number of benzene rings is 2. The van der Waals surface area contributed by atoms with Gasteiger partial charge in [0.15, 0.2) is 0 Å². The van der Waals surface area contributed by atoms with Crippen LogP contribution < -0.4 is 10.9 Å². The van der Waals surface area contributed by atoms with Crippen LogP contribution in [0.1, 0.15) is 41.0 Å². The summed E-state index contributed by atoms with van der Waals surface area (Å²) in [6.45, 7) is 1.06. The summed E-state index contributed by atoms with van der Waals surface area (Å²) in [7, 11) is 0. The Morgan fingerprint density at radius 2 is 2.00 bits per heavy atom. The summed E-state index contributed by atoms with van der Waals surface area (Å²) in [6.07, 6.45) is 3.95. The number of halogens is 1. The Kier molecular flexibility index (Phi) is 4.94. The van der Waals surface area contributed by atoms with E-state index in [9.17, 15) is 9.59 Å². The lowest BCUT2D eigenvalue weighted by Crippen LogP contribution is -2.25. The van der Waals surface area contributed by atoms with Gasteiger partial charge in [-0.05, 0) is 42.7 Å². The van der Waals surface area contributed by atoms with Crippen molar-refractivity contribution in [2.45, 2.75) is 38.8 Å². The first-order valence-corrected chi connectivity index (χ1v) is 9.56. The second-order valence-corrected chi connectivity index (χ2v) is 7.21. The van der Waals surface area contributed by atoms with Crippen molar-refractivity contribution in [1.82, 2.24) is 14.9 Å². The number of nitrogens with zero attached hydrogens (tertiary/aromatic N) is 2. The molecule has 0 fully saturated rings. The standard InChI is InChI=1S/C21H20ClN3O2/c22-17-7-4-3-6-15(17)13-23-20(26)14-9-10-16-18(12-14)24-19-8-2-1-5-11-25(19)21(16)27/h3-4,6-7,9-10,12H,1-2,5,8,11,13H2,(H,23,26). The first kappa shape index (κ1) is 17.7. The summed E-state index contributed by atoms with van der Waals surface area (Å²) in [5.74, 6) is 0.604. The molecule has 0 atom stereocenters. The van der Waals surface area contributed by atoms with Gasteiger partial charge in [-0.3, -0.25) is 14.2 Å². The third-order valence-corrected chi connectivity index (χ3v) is 5.34. The molecule has 0 bridgehead atoms. The van der Waals surface area contributed by atoms with E-state index in [0.717, 1.165) is 43.6 Å². The number of hydrogen-bond donors (Lipinski definition) is 1. The van der Waals surface area contributed by atoms with Crippen molar-refractivity contribution in [1.29, 1.82) is 0 Å². The van der Waals surface area contributed by atoms with Crippen molar-refractivity contribution in [3.8, 4) is 0 Å². The van der Waals surface area contributed by atoms with Gasteiger partial charge in [0.05, 0.1) is 10.9 Å². The van der Waals surface area contributed by atoms with Crippen LogP contribution in [0.4, 0.5) is 0 Å². The van der Waals surface area contributed by atoms with Gasteiger partial charge in [0.1, 0.15) is 5.82 Å². The molecule has 0 spiro atoms. The predicted molar refractivity (Wildman–Crippen MR) is 106 cm³/mol. The van der Waals surface area contributed by atoms with E-state index < -0.39 is 0 Å². The Bertz CT molecular complexity index is 1070. The first-order chi connectivity index (χ1) is 13.1. The van der Waals surface area contributed by atoms with E-state index in [-0.39, 0.29) is 11.5 Å². The van der Waals surface area contributed by atoms with E-state index in [1.165, 1.54) is 0 Å². The second kappa shape index (κ2) is 7.53. The quantitative estimate of drug-likeness (QED) is 0.752. The molecule has 4 rings (SSSR count). The number of carbonyl (C=O) groups excluding carboxylic acids is 1. The molecule has 27 heavy (non-hydrogen) atoms. The maximum absolute atomic E-state index is 12.8. The van der Waals surface area contributed by atoms with Crippen molar-refractivity contribution in [2.24, 2.45) is 0 Å². The van der Waals surface area contributed by atoms with E-state index in [4.69, 9.17) is 11.6 Å². The smallest absolute Gasteiger partial charge is 0.261 e. The van der Waals surface area contributed by atoms with Gasteiger partial charge in [-0.2, -0.15) is 0 Å². The van der Waals surface area contributed by atoms with Crippen molar-refractivity contribution < 1.29 is 4.79 Å². The molecule has 0 radical (unpaired) electrons. The van der Waals surface area contributed by atoms with Crippen molar-refractivity contribution in [3.05, 3.63) is 74.8 Å². The van der Waals surface area contributed by atoms with Gasteiger partial charge >= 0.3 is 0 Å². The Morgan fingerprint density at radius 3 is 2.85 bits per heavy atom. The van der Waals surface area contributed by atoms with Crippen molar-refractivity contribution in [3.63, 3.8) is 0 Å². The van der Waals surface area contributed by atoms with Crippen LogP contribution in [-0.2, 0) is 19.5 Å². The Balaban J connectivity index is 1.62. The van der Waals surface area contributed by atoms with Crippen LogP contribution in [0.15, 0.2) is 47.3 Å². The molecule has 1 amide bonds. The fraction of sp³-hybridized carbons (Fsp3) is 0.286. The summed E-state index contributed by atoms with van der Waals surface area (Å²) >= 11 is 6.13. The highest BCUT2D eigenvalue weighted by Crippen LogP contribution is 2.17. The molecule has 0 saturated heterocycles. The van der Waals surface area contributed by atoms with E-state index in [2.05, 4.69) is 10.3 Å². The minimum atomic E-state index is -0.214. The maximum Gasteiger partial charge on any atom is 0.261 e. The summed E-state index contributed by atoms with van der Waals surface area (Å²) in [5, 5.41) is 4.05. The van der Waals surface area contributed by atoms with Crippen molar-refractivity contribution in [2.75, 3.05) is 0 Å². The fourth-order valence-electron chi connectivity index (χ4n) is 3.48. The van der Waals surface area contributed by atoms with Crippen LogP contribution in [-0.4, -0.2) is 15.5 Å². The SMILES string of the molecule is O=C(NCc1ccccc1Cl)c1ccc2c(=O)n3c(nc2c1)CCCCC3. The van der Waals surface area contributed by atoms with Gasteiger partial charge in [-0.15, -0.1) is 0 Å². The Labute approximate surface area is 162 Å². The zero-order chi connectivity index (χ0) is 18.8. The lowest BCUT2D eigenvalue weighted by Gasteiger charge is -2.11. The average Bonchev–Trinajstić information content (AvgIpc) is 2.92. The van der Waals surface area contributed by atoms with Crippen LogP contribution in [0.2, 0.25) is 5.02 Å². The van der Waals surface area contributed by atoms with E-state index in [0.29, 0.717) is 28.0 Å². The molecule has 1 aromatic heterocycles. The minimum absolute atomic E-state index is 0.0140. The molecule has 1 N–H and O–H groups in total. The number of nitrogens with one attached hydrogen (secondary N) is 1. The van der Waals surface area contributed by atoms with Gasteiger partial charge in [-0.1, -0.05) is 36.2 Å². The summed E-state index contributed by atoms with van der Waals surface area (Å²) < 4.78 is 1.78. The summed E-state index contributed by atoms with van der Waals surface area (Å²) in [6, 6.07) is 12.5. The van der Waals surface area contributed by atoms with Gasteiger partial charge < -0.3 is 5.32 Å². The van der Waals surface area contributed by atoms with Crippen LogP contribution in [0, 0.1) is 0 Å². The number of rotatable bonds is 3. The number of amides is 1. The first-order valence-electron chi connectivity index (χ1n) is 9.18. The van der Waals surface area contributed by atoms with Crippen molar-refractivity contribution >= 4 is 28.4 Å². The highest BCUT2D eigenvalue weighted by atomic mass is 35.5. The zero-order valence-corrected chi connectivity index (χ0v) is 15.6. The number of hydrogen-bond acceptors (Lipinski definition) is 3. The molecular weight excluding hydrogens is 362 g/mol. The molecular formula is C21H20ClN3O2. The molecule has 2 heterocycles. The van der Waals surface area contributed by atoms with Gasteiger partial charge in [0.25, 0.3) is 11.5 Å². The Hall–Kier alpha value is -2.66. The monoisotopic (exact) mass is 381 g/mol. The predicted octanol–water partition coefficient (Wildman–Crippen LogP) is 3.71. The fourth-order valence-corrected chi connectivity index (χ4v) is 3.68. The molecule has 0 saturated carbocycles. The van der Waals surface area contributed by atoms with Gasteiger partial charge in [0.2, 0.25) is 0 Å². The summed E-state index contributed by atoms with van der Waals surface area (Å²) in [4.78, 5) is 30.0. The van der Waals surface area contributed by atoms with E-state index in [1.807, 2.05) is 18.2 Å². The van der Waals surface area contributed by atoms with Gasteiger partial charge in [-0.25, -0.2) is 4.98 Å². The lowest BCUT2D eigenvalue weighted by molar-refractivity contribution is 0.0951.